The smallest absolute Gasteiger partial charge is 0.161 e. The van der Waals surface area contributed by atoms with Gasteiger partial charge in [0.2, 0.25) is 0 Å². The van der Waals surface area contributed by atoms with Crippen LogP contribution in [0, 0.1) is 5.92 Å². The Hall–Kier alpha value is -2.05. The molecule has 0 amide bonds. The van der Waals surface area contributed by atoms with Gasteiger partial charge in [-0.05, 0) is 50.2 Å². The third-order valence-electron chi connectivity index (χ3n) is 4.74. The summed E-state index contributed by atoms with van der Waals surface area (Å²) in [4.78, 5) is 13.5. The molecule has 2 aromatic heterocycles. The number of rotatable bonds is 8. The summed E-state index contributed by atoms with van der Waals surface area (Å²) in [6.07, 6.45) is 8.57. The van der Waals surface area contributed by atoms with Gasteiger partial charge in [0.15, 0.2) is 5.82 Å². The van der Waals surface area contributed by atoms with Gasteiger partial charge in [0.25, 0.3) is 0 Å². The highest BCUT2D eigenvalue weighted by molar-refractivity contribution is 5.60. The van der Waals surface area contributed by atoms with Crippen molar-refractivity contribution in [2.45, 2.75) is 38.2 Å². The molecule has 1 saturated carbocycles. The average molecular weight is 340 g/mol. The van der Waals surface area contributed by atoms with E-state index in [1.165, 1.54) is 18.4 Å². The summed E-state index contributed by atoms with van der Waals surface area (Å²) in [6, 6.07) is 3.84. The van der Waals surface area contributed by atoms with Gasteiger partial charge < -0.3 is 15.2 Å². The first kappa shape index (κ1) is 16.4. The third kappa shape index (κ3) is 4.14. The Morgan fingerprint density at radius 2 is 2.04 bits per heavy atom. The normalized spacial score (nSPS) is 17.3. The quantitative estimate of drug-likeness (QED) is 0.767. The monoisotopic (exact) mass is 340 g/mol. The molecule has 2 aromatic rings. The zero-order valence-corrected chi connectivity index (χ0v) is 14.3. The lowest BCUT2D eigenvalue weighted by Gasteiger charge is -2.15. The minimum atomic E-state index is -0.532. The highest BCUT2D eigenvalue weighted by Crippen LogP contribution is 2.30. The molecule has 6 nitrogen and oxygen atoms in total. The Morgan fingerprint density at radius 1 is 1.20 bits per heavy atom. The average Bonchev–Trinajstić information content (AvgIpc) is 3.34. The van der Waals surface area contributed by atoms with Crippen molar-refractivity contribution in [3.05, 3.63) is 35.8 Å². The van der Waals surface area contributed by atoms with E-state index in [9.17, 15) is 5.11 Å². The van der Waals surface area contributed by atoms with Crippen LogP contribution in [0.25, 0.3) is 11.4 Å². The van der Waals surface area contributed by atoms with E-state index >= 15 is 0 Å². The Balaban J connectivity index is 1.43. The number of aromatic nitrogens is 3. The molecule has 0 aliphatic heterocycles. The summed E-state index contributed by atoms with van der Waals surface area (Å²) in [7, 11) is 0. The van der Waals surface area contributed by atoms with Crippen LogP contribution in [-0.2, 0) is 17.6 Å². The molecular formula is C19H24N4O2. The molecule has 0 saturated heterocycles. The fraction of sp³-hybridized carbons (Fsp3) is 0.526. The van der Waals surface area contributed by atoms with E-state index in [0.29, 0.717) is 24.9 Å². The van der Waals surface area contributed by atoms with Crippen molar-refractivity contribution in [2.24, 2.45) is 5.92 Å². The highest BCUT2D eigenvalue weighted by Gasteiger charge is 2.22. The second-order valence-corrected chi connectivity index (χ2v) is 6.93. The van der Waals surface area contributed by atoms with Crippen molar-refractivity contribution in [1.29, 1.82) is 0 Å². The SMILES string of the molecule is OC(CNc1nc(-c2ccncc2)nc2c1CCC2)COCC1CC1. The fourth-order valence-electron chi connectivity index (χ4n) is 3.14. The number of hydrogen-bond acceptors (Lipinski definition) is 6. The lowest BCUT2D eigenvalue weighted by Crippen LogP contribution is -2.26. The number of pyridine rings is 1. The number of aliphatic hydroxyl groups excluding tert-OH is 1. The van der Waals surface area contributed by atoms with Gasteiger partial charge in [-0.2, -0.15) is 0 Å². The fourth-order valence-corrected chi connectivity index (χ4v) is 3.14. The van der Waals surface area contributed by atoms with E-state index in [4.69, 9.17) is 14.7 Å². The number of fused-ring (bicyclic) bond motifs is 1. The minimum absolute atomic E-state index is 0.369. The van der Waals surface area contributed by atoms with Crippen LogP contribution < -0.4 is 5.32 Å². The van der Waals surface area contributed by atoms with Crippen molar-refractivity contribution in [3.63, 3.8) is 0 Å². The first-order valence-electron chi connectivity index (χ1n) is 9.09. The van der Waals surface area contributed by atoms with Crippen LogP contribution in [0.15, 0.2) is 24.5 Å². The van der Waals surface area contributed by atoms with Gasteiger partial charge in [-0.15, -0.1) is 0 Å². The molecule has 132 valence electrons. The predicted octanol–water partition coefficient (Wildman–Crippen LogP) is 2.23. The number of nitrogens with one attached hydrogen (secondary N) is 1. The summed E-state index contributed by atoms with van der Waals surface area (Å²) >= 11 is 0. The standard InChI is InChI=1S/C19H24N4O2/c24-15(12-25-11-13-4-5-13)10-21-19-16-2-1-3-17(16)22-18(23-19)14-6-8-20-9-7-14/h6-9,13,15,24H,1-5,10-12H2,(H,21,22,23). The number of aliphatic hydroxyl groups is 1. The summed E-state index contributed by atoms with van der Waals surface area (Å²) in [5.74, 6) is 2.27. The molecule has 0 aromatic carbocycles. The van der Waals surface area contributed by atoms with Crippen LogP contribution in [0.3, 0.4) is 0 Å². The van der Waals surface area contributed by atoms with Gasteiger partial charge >= 0.3 is 0 Å². The number of anilines is 1. The largest absolute Gasteiger partial charge is 0.389 e. The van der Waals surface area contributed by atoms with Crippen molar-refractivity contribution in [1.82, 2.24) is 15.0 Å². The summed E-state index contributed by atoms with van der Waals surface area (Å²) in [5, 5.41) is 13.5. The van der Waals surface area contributed by atoms with Crippen LogP contribution in [0.2, 0.25) is 0 Å². The van der Waals surface area contributed by atoms with Crippen LogP contribution in [-0.4, -0.2) is 45.9 Å². The zero-order valence-electron chi connectivity index (χ0n) is 14.3. The Labute approximate surface area is 147 Å². The molecule has 1 atom stereocenters. The molecule has 1 unspecified atom stereocenters. The molecule has 0 spiro atoms. The second kappa shape index (κ2) is 7.45. The molecule has 0 radical (unpaired) electrons. The predicted molar refractivity (Wildman–Crippen MR) is 95.3 cm³/mol. The maximum absolute atomic E-state index is 10.1. The molecule has 2 N–H and O–H groups in total. The summed E-state index contributed by atoms with van der Waals surface area (Å²) < 4.78 is 5.56. The molecule has 2 aliphatic rings. The molecule has 6 heteroatoms. The lowest BCUT2D eigenvalue weighted by molar-refractivity contribution is 0.0385. The van der Waals surface area contributed by atoms with Gasteiger partial charge in [-0.3, -0.25) is 4.98 Å². The van der Waals surface area contributed by atoms with E-state index in [0.717, 1.165) is 42.9 Å². The Morgan fingerprint density at radius 3 is 2.84 bits per heavy atom. The molecular weight excluding hydrogens is 316 g/mol. The molecule has 4 rings (SSSR count). The summed E-state index contributed by atoms with van der Waals surface area (Å²) in [5.41, 5.74) is 3.26. The van der Waals surface area contributed by atoms with Crippen molar-refractivity contribution < 1.29 is 9.84 Å². The topological polar surface area (TPSA) is 80.2 Å². The third-order valence-corrected chi connectivity index (χ3v) is 4.74. The molecule has 25 heavy (non-hydrogen) atoms. The van der Waals surface area contributed by atoms with Gasteiger partial charge in [-0.1, -0.05) is 0 Å². The van der Waals surface area contributed by atoms with Crippen LogP contribution in [0.5, 0.6) is 0 Å². The highest BCUT2D eigenvalue weighted by atomic mass is 16.5. The molecule has 0 bridgehead atoms. The van der Waals surface area contributed by atoms with Crippen LogP contribution in [0.1, 0.15) is 30.5 Å². The van der Waals surface area contributed by atoms with Gasteiger partial charge in [-0.25, -0.2) is 9.97 Å². The van der Waals surface area contributed by atoms with E-state index in [2.05, 4.69) is 10.3 Å². The van der Waals surface area contributed by atoms with E-state index in [-0.39, 0.29) is 0 Å². The van der Waals surface area contributed by atoms with E-state index < -0.39 is 6.10 Å². The minimum Gasteiger partial charge on any atom is -0.389 e. The van der Waals surface area contributed by atoms with Crippen LogP contribution in [0.4, 0.5) is 5.82 Å². The van der Waals surface area contributed by atoms with Gasteiger partial charge in [0.05, 0.1) is 12.7 Å². The van der Waals surface area contributed by atoms with Crippen molar-refractivity contribution in [2.75, 3.05) is 25.1 Å². The number of aryl methyl sites for hydroxylation is 1. The molecule has 2 aliphatic carbocycles. The maximum atomic E-state index is 10.1. The summed E-state index contributed by atoms with van der Waals surface area (Å²) in [6.45, 7) is 1.57. The lowest BCUT2D eigenvalue weighted by atomic mass is 10.2. The maximum Gasteiger partial charge on any atom is 0.161 e. The molecule has 1 fully saturated rings. The Bertz CT molecular complexity index is 719. The Kier molecular flexibility index (Phi) is 4.90. The number of nitrogens with zero attached hydrogens (tertiary/aromatic N) is 3. The van der Waals surface area contributed by atoms with Crippen LogP contribution >= 0.6 is 0 Å². The zero-order chi connectivity index (χ0) is 17.1. The van der Waals surface area contributed by atoms with E-state index in [1.807, 2.05) is 12.1 Å². The van der Waals surface area contributed by atoms with Crippen molar-refractivity contribution >= 4 is 5.82 Å². The second-order valence-electron chi connectivity index (χ2n) is 6.93. The first-order valence-corrected chi connectivity index (χ1v) is 9.09. The molecule has 2 heterocycles. The van der Waals surface area contributed by atoms with Gasteiger partial charge in [0.1, 0.15) is 5.82 Å². The first-order chi connectivity index (χ1) is 12.3. The van der Waals surface area contributed by atoms with Gasteiger partial charge in [0, 0.05) is 42.4 Å². The number of hydrogen-bond donors (Lipinski definition) is 2. The van der Waals surface area contributed by atoms with E-state index in [1.54, 1.807) is 12.4 Å². The van der Waals surface area contributed by atoms with Crippen molar-refractivity contribution in [3.8, 4) is 11.4 Å². The number of ether oxygens (including phenoxy) is 1.